The second kappa shape index (κ2) is 10.7. The Morgan fingerprint density at radius 2 is 1.88 bits per heavy atom. The SMILES string of the molecule is CC(C)Oc1ccccc1CN1CCOC(c2cc(CCOc3ccccc3)n(C)n2)C1. The van der Waals surface area contributed by atoms with Crippen molar-refractivity contribution in [2.75, 3.05) is 26.3 Å². The van der Waals surface area contributed by atoms with E-state index in [1.165, 1.54) is 5.56 Å². The fourth-order valence-corrected chi connectivity index (χ4v) is 3.98. The van der Waals surface area contributed by atoms with E-state index in [-0.39, 0.29) is 12.2 Å². The van der Waals surface area contributed by atoms with E-state index >= 15 is 0 Å². The number of nitrogens with zero attached hydrogens (tertiary/aromatic N) is 3. The van der Waals surface area contributed by atoms with Gasteiger partial charge in [-0.3, -0.25) is 9.58 Å². The normalized spacial score (nSPS) is 16.9. The van der Waals surface area contributed by atoms with Gasteiger partial charge in [0.05, 0.1) is 25.0 Å². The van der Waals surface area contributed by atoms with Crippen molar-refractivity contribution in [3.05, 3.63) is 77.6 Å². The van der Waals surface area contributed by atoms with Crippen LogP contribution in [0.5, 0.6) is 11.5 Å². The molecule has 3 aromatic rings. The number of hydrogen-bond acceptors (Lipinski definition) is 5. The summed E-state index contributed by atoms with van der Waals surface area (Å²) < 4.78 is 19.9. The van der Waals surface area contributed by atoms with E-state index in [1.807, 2.05) is 48.1 Å². The molecule has 0 aliphatic carbocycles. The number of hydrogen-bond donors (Lipinski definition) is 0. The minimum Gasteiger partial charge on any atom is -0.493 e. The number of benzene rings is 2. The van der Waals surface area contributed by atoms with Gasteiger partial charge in [0.1, 0.15) is 17.6 Å². The molecule has 1 aliphatic heterocycles. The summed E-state index contributed by atoms with van der Waals surface area (Å²) in [6.07, 6.45) is 0.928. The van der Waals surface area contributed by atoms with E-state index in [2.05, 4.69) is 43.0 Å². The molecule has 6 heteroatoms. The number of rotatable bonds is 9. The Balaban J connectivity index is 1.36. The van der Waals surface area contributed by atoms with Crippen molar-refractivity contribution in [1.29, 1.82) is 0 Å². The zero-order valence-electron chi connectivity index (χ0n) is 19.2. The average Bonchev–Trinajstić information content (AvgIpc) is 3.16. The zero-order valence-corrected chi connectivity index (χ0v) is 19.2. The van der Waals surface area contributed by atoms with Crippen LogP contribution in [0.1, 0.15) is 36.9 Å². The maximum atomic E-state index is 6.09. The molecule has 1 aliphatic rings. The molecule has 6 nitrogen and oxygen atoms in total. The summed E-state index contributed by atoms with van der Waals surface area (Å²) >= 11 is 0. The highest BCUT2D eigenvalue weighted by atomic mass is 16.5. The largest absolute Gasteiger partial charge is 0.493 e. The lowest BCUT2D eigenvalue weighted by molar-refractivity contribution is -0.0354. The topological polar surface area (TPSA) is 48.8 Å². The van der Waals surface area contributed by atoms with E-state index < -0.39 is 0 Å². The fourth-order valence-electron chi connectivity index (χ4n) is 3.98. The first kappa shape index (κ1) is 22.4. The van der Waals surface area contributed by atoms with Crippen molar-refractivity contribution in [1.82, 2.24) is 14.7 Å². The first-order chi connectivity index (χ1) is 15.6. The number of ether oxygens (including phenoxy) is 3. The Morgan fingerprint density at radius 1 is 1.09 bits per heavy atom. The zero-order chi connectivity index (χ0) is 22.3. The predicted octanol–water partition coefficient (Wildman–Crippen LogP) is 4.40. The summed E-state index contributed by atoms with van der Waals surface area (Å²) in [5.74, 6) is 1.85. The van der Waals surface area contributed by atoms with Crippen LogP contribution in [0.3, 0.4) is 0 Å². The molecule has 0 N–H and O–H groups in total. The first-order valence-corrected chi connectivity index (χ1v) is 11.4. The second-order valence-corrected chi connectivity index (χ2v) is 8.46. The van der Waals surface area contributed by atoms with Gasteiger partial charge in [-0.2, -0.15) is 5.10 Å². The lowest BCUT2D eigenvalue weighted by atomic mass is 10.1. The molecule has 1 saturated heterocycles. The monoisotopic (exact) mass is 435 g/mol. The van der Waals surface area contributed by atoms with Gasteiger partial charge in [0.2, 0.25) is 0 Å². The standard InChI is InChI=1S/C26H33N3O3/c1-20(2)32-25-12-8-7-9-21(25)18-29-14-16-31-26(19-29)24-17-22(28(3)27-24)13-15-30-23-10-5-4-6-11-23/h4-12,17,20,26H,13-16,18-19H2,1-3H3. The Bertz CT molecular complexity index is 987. The van der Waals surface area contributed by atoms with Crippen LogP contribution < -0.4 is 9.47 Å². The van der Waals surface area contributed by atoms with E-state index in [0.717, 1.165) is 48.9 Å². The van der Waals surface area contributed by atoms with E-state index in [0.29, 0.717) is 13.2 Å². The van der Waals surface area contributed by atoms with Crippen molar-refractivity contribution in [2.24, 2.45) is 7.05 Å². The lowest BCUT2D eigenvalue weighted by Crippen LogP contribution is -2.38. The maximum absolute atomic E-state index is 6.09. The van der Waals surface area contributed by atoms with Gasteiger partial charge in [0, 0.05) is 44.4 Å². The molecule has 4 rings (SSSR count). The molecule has 32 heavy (non-hydrogen) atoms. The molecule has 0 spiro atoms. The Labute approximate surface area is 190 Å². The van der Waals surface area contributed by atoms with Gasteiger partial charge in [0.15, 0.2) is 0 Å². The molecule has 1 unspecified atom stereocenters. The summed E-state index contributed by atoms with van der Waals surface area (Å²) in [6, 6.07) is 20.4. The van der Waals surface area contributed by atoms with Gasteiger partial charge in [0.25, 0.3) is 0 Å². The quantitative estimate of drug-likeness (QED) is 0.499. The van der Waals surface area contributed by atoms with Gasteiger partial charge in [-0.15, -0.1) is 0 Å². The predicted molar refractivity (Wildman–Crippen MR) is 125 cm³/mol. The molecule has 1 fully saturated rings. The van der Waals surface area contributed by atoms with Gasteiger partial charge < -0.3 is 14.2 Å². The maximum Gasteiger partial charge on any atom is 0.124 e. The summed E-state index contributed by atoms with van der Waals surface area (Å²) in [4.78, 5) is 2.42. The molecular formula is C26H33N3O3. The first-order valence-electron chi connectivity index (χ1n) is 11.4. The number of morpholine rings is 1. The van der Waals surface area contributed by atoms with Crippen LogP contribution in [0.15, 0.2) is 60.7 Å². The van der Waals surface area contributed by atoms with E-state index in [1.54, 1.807) is 0 Å². The molecule has 1 aromatic heterocycles. The second-order valence-electron chi connectivity index (χ2n) is 8.46. The van der Waals surface area contributed by atoms with Gasteiger partial charge >= 0.3 is 0 Å². The molecule has 0 bridgehead atoms. The molecule has 170 valence electrons. The van der Waals surface area contributed by atoms with E-state index in [9.17, 15) is 0 Å². The number of aromatic nitrogens is 2. The highest BCUT2D eigenvalue weighted by molar-refractivity contribution is 5.33. The van der Waals surface area contributed by atoms with Crippen LogP contribution in [0.4, 0.5) is 0 Å². The van der Waals surface area contributed by atoms with Crippen LogP contribution in [0.25, 0.3) is 0 Å². The fraction of sp³-hybridized carbons (Fsp3) is 0.423. The Hall–Kier alpha value is -2.83. The Morgan fingerprint density at radius 3 is 2.69 bits per heavy atom. The average molecular weight is 436 g/mol. The summed E-state index contributed by atoms with van der Waals surface area (Å²) in [5.41, 5.74) is 3.34. The third kappa shape index (κ3) is 5.90. The molecule has 2 aromatic carbocycles. The van der Waals surface area contributed by atoms with Crippen LogP contribution in [0, 0.1) is 0 Å². The third-order valence-electron chi connectivity index (χ3n) is 5.58. The van der Waals surface area contributed by atoms with Crippen molar-refractivity contribution < 1.29 is 14.2 Å². The summed E-state index contributed by atoms with van der Waals surface area (Å²) in [7, 11) is 1.99. The minimum atomic E-state index is -0.0306. The van der Waals surface area contributed by atoms with Crippen LogP contribution in [-0.2, 0) is 24.8 Å². The van der Waals surface area contributed by atoms with Crippen molar-refractivity contribution in [3.8, 4) is 11.5 Å². The Kier molecular flexibility index (Phi) is 7.45. The van der Waals surface area contributed by atoms with Gasteiger partial charge in [-0.1, -0.05) is 36.4 Å². The van der Waals surface area contributed by atoms with Crippen molar-refractivity contribution in [2.45, 2.75) is 39.0 Å². The molecule has 0 radical (unpaired) electrons. The van der Waals surface area contributed by atoms with Gasteiger partial charge in [-0.25, -0.2) is 0 Å². The number of para-hydroxylation sites is 2. The molecular weight excluding hydrogens is 402 g/mol. The highest BCUT2D eigenvalue weighted by Gasteiger charge is 2.25. The lowest BCUT2D eigenvalue weighted by Gasteiger charge is -2.32. The summed E-state index contributed by atoms with van der Waals surface area (Å²) in [5, 5.41) is 4.74. The molecule has 2 heterocycles. The minimum absolute atomic E-state index is 0.0306. The highest BCUT2D eigenvalue weighted by Crippen LogP contribution is 2.26. The smallest absolute Gasteiger partial charge is 0.124 e. The van der Waals surface area contributed by atoms with Crippen molar-refractivity contribution in [3.63, 3.8) is 0 Å². The van der Waals surface area contributed by atoms with Crippen LogP contribution >= 0.6 is 0 Å². The van der Waals surface area contributed by atoms with Crippen LogP contribution in [0.2, 0.25) is 0 Å². The van der Waals surface area contributed by atoms with Gasteiger partial charge in [-0.05, 0) is 38.1 Å². The van der Waals surface area contributed by atoms with Crippen LogP contribution in [-0.4, -0.2) is 47.1 Å². The molecule has 0 amide bonds. The van der Waals surface area contributed by atoms with Crippen molar-refractivity contribution >= 4 is 0 Å². The van der Waals surface area contributed by atoms with E-state index in [4.69, 9.17) is 19.3 Å². The number of aryl methyl sites for hydroxylation is 1. The third-order valence-corrected chi connectivity index (χ3v) is 5.58. The molecule has 1 atom stereocenters. The molecule has 0 saturated carbocycles. The summed E-state index contributed by atoms with van der Waals surface area (Å²) in [6.45, 7) is 7.99.